The molecule has 4 aromatic rings. The van der Waals surface area contributed by atoms with Crippen LogP contribution in [0.15, 0.2) is 94.5 Å². The Bertz CT molecular complexity index is 1590. The van der Waals surface area contributed by atoms with Gasteiger partial charge in [0.25, 0.3) is 0 Å². The van der Waals surface area contributed by atoms with Crippen LogP contribution >= 0.6 is 27.5 Å². The number of carbonyl (C=O) groups is 1. The van der Waals surface area contributed by atoms with E-state index in [1.54, 1.807) is 12.1 Å². The molecule has 2 atom stereocenters. The van der Waals surface area contributed by atoms with E-state index >= 15 is 0 Å². The molecule has 0 fully saturated rings. The maximum Gasteiger partial charge on any atom is 0.343 e. The molecule has 0 unspecified atom stereocenters. The molecular weight excluding hydrogens is 580 g/mol. The van der Waals surface area contributed by atoms with E-state index in [0.717, 1.165) is 33.7 Å². The molecule has 2 aliphatic heterocycles. The second kappa shape index (κ2) is 10.4. The first-order valence-electron chi connectivity index (χ1n) is 12.4. The van der Waals surface area contributed by atoms with Gasteiger partial charge in [-0.1, -0.05) is 59.6 Å². The third-order valence-corrected chi connectivity index (χ3v) is 7.70. The van der Waals surface area contributed by atoms with Crippen molar-refractivity contribution in [3.63, 3.8) is 0 Å². The molecule has 2 aliphatic rings. The third-order valence-electron chi connectivity index (χ3n) is 6.88. The zero-order chi connectivity index (χ0) is 27.1. The number of hydrogen-bond acceptors (Lipinski definition) is 6. The Labute approximate surface area is 239 Å². The van der Waals surface area contributed by atoms with E-state index in [2.05, 4.69) is 28.1 Å². The van der Waals surface area contributed by atoms with Crippen LogP contribution < -0.4 is 14.2 Å². The number of hydrogen-bond donors (Lipinski definition) is 0. The van der Waals surface area contributed by atoms with Gasteiger partial charge in [-0.15, -0.1) is 0 Å². The molecule has 8 heteroatoms. The lowest BCUT2D eigenvalue weighted by Crippen LogP contribution is -2.33. The van der Waals surface area contributed by atoms with Crippen LogP contribution in [-0.4, -0.2) is 23.8 Å². The van der Waals surface area contributed by atoms with Gasteiger partial charge >= 0.3 is 5.97 Å². The summed E-state index contributed by atoms with van der Waals surface area (Å²) in [6.45, 7) is 1.96. The van der Waals surface area contributed by atoms with Gasteiger partial charge in [-0.25, -0.2) is 9.80 Å². The molecule has 6 rings (SSSR count). The zero-order valence-electron chi connectivity index (χ0n) is 21.2. The number of fused-ring (bicyclic) bond motifs is 3. The summed E-state index contributed by atoms with van der Waals surface area (Å²) in [5.41, 5.74) is 5.32. The molecule has 0 spiro atoms. The molecule has 0 aromatic heterocycles. The van der Waals surface area contributed by atoms with Crippen molar-refractivity contribution in [3.05, 3.63) is 122 Å². The van der Waals surface area contributed by atoms with Crippen LogP contribution in [0, 0.1) is 6.92 Å². The Morgan fingerprint density at radius 3 is 2.56 bits per heavy atom. The lowest BCUT2D eigenvalue weighted by atomic mass is 9.96. The first-order chi connectivity index (χ1) is 18.9. The van der Waals surface area contributed by atoms with Crippen LogP contribution in [-0.2, 0) is 0 Å². The van der Waals surface area contributed by atoms with Crippen molar-refractivity contribution in [1.82, 2.24) is 5.01 Å². The Morgan fingerprint density at radius 2 is 1.82 bits per heavy atom. The topological polar surface area (TPSA) is 60.4 Å². The van der Waals surface area contributed by atoms with E-state index < -0.39 is 12.2 Å². The van der Waals surface area contributed by atoms with E-state index in [-0.39, 0.29) is 6.04 Å². The average Bonchev–Trinajstić information content (AvgIpc) is 3.40. The molecular formula is C31H24BrClN2O4. The van der Waals surface area contributed by atoms with Crippen LogP contribution in [0.4, 0.5) is 0 Å². The molecule has 0 amide bonds. The van der Waals surface area contributed by atoms with Gasteiger partial charge in [0.1, 0.15) is 5.75 Å². The number of aryl methyl sites for hydroxylation is 1. The van der Waals surface area contributed by atoms with Gasteiger partial charge in [0.05, 0.1) is 28.9 Å². The Balaban J connectivity index is 1.38. The monoisotopic (exact) mass is 602 g/mol. The third kappa shape index (κ3) is 4.88. The van der Waals surface area contributed by atoms with Crippen LogP contribution in [0.2, 0.25) is 5.02 Å². The largest absolute Gasteiger partial charge is 0.493 e. The number of carbonyl (C=O) groups excluding carboxylic acids is 1. The quantitative estimate of drug-likeness (QED) is 0.172. The summed E-state index contributed by atoms with van der Waals surface area (Å²) in [5, 5.41) is 7.63. The van der Waals surface area contributed by atoms with Crippen LogP contribution in [0.5, 0.6) is 17.2 Å². The summed E-state index contributed by atoms with van der Waals surface area (Å²) in [6, 6.07) is 26.6. The standard InChI is InChI=1S/C31H24BrClN2O4/c1-18-8-10-20(11-9-18)31(36)39-29-24(32)14-21(15-28(29)37-2)30-35-26(23-16-22(33)12-13-27(23)38-30)17-25(34-35)19-6-4-3-5-7-19/h3-16,26,30H,17H2,1-2H3/t26-,30+/m1/s1. The van der Waals surface area contributed by atoms with Crippen molar-refractivity contribution in [2.45, 2.75) is 25.6 Å². The van der Waals surface area contributed by atoms with E-state index in [1.165, 1.54) is 7.11 Å². The molecule has 0 bridgehead atoms. The molecule has 0 aliphatic carbocycles. The van der Waals surface area contributed by atoms with Crippen LogP contribution in [0.25, 0.3) is 0 Å². The summed E-state index contributed by atoms with van der Waals surface area (Å²) in [7, 11) is 1.54. The van der Waals surface area contributed by atoms with Gasteiger partial charge < -0.3 is 14.2 Å². The molecule has 39 heavy (non-hydrogen) atoms. The maximum atomic E-state index is 12.9. The number of methoxy groups -OCH3 is 1. The van der Waals surface area contributed by atoms with Crippen molar-refractivity contribution in [2.75, 3.05) is 7.11 Å². The van der Waals surface area contributed by atoms with Gasteiger partial charge in [-0.2, -0.15) is 5.10 Å². The maximum absolute atomic E-state index is 12.9. The Morgan fingerprint density at radius 1 is 1.05 bits per heavy atom. The molecule has 6 nitrogen and oxygen atoms in total. The summed E-state index contributed by atoms with van der Waals surface area (Å²) in [5.74, 6) is 0.966. The highest BCUT2D eigenvalue weighted by Crippen LogP contribution is 2.50. The number of nitrogens with zero attached hydrogens (tertiary/aromatic N) is 2. The summed E-state index contributed by atoms with van der Waals surface area (Å²) < 4.78 is 18.5. The van der Waals surface area contributed by atoms with E-state index in [4.69, 9.17) is 30.9 Å². The molecule has 196 valence electrons. The minimum absolute atomic E-state index is 0.0588. The fraction of sp³-hybridized carbons (Fsp3) is 0.161. The number of esters is 1. The minimum Gasteiger partial charge on any atom is -0.493 e. The predicted octanol–water partition coefficient (Wildman–Crippen LogP) is 7.88. The minimum atomic E-state index is -0.545. The highest BCUT2D eigenvalue weighted by atomic mass is 79.9. The summed E-state index contributed by atoms with van der Waals surface area (Å²) in [6.07, 6.45) is 0.166. The Hall–Kier alpha value is -3.81. The number of hydrazone groups is 1. The first kappa shape index (κ1) is 25.5. The van der Waals surface area contributed by atoms with E-state index in [1.807, 2.05) is 72.6 Å². The highest BCUT2D eigenvalue weighted by Gasteiger charge is 2.41. The van der Waals surface area contributed by atoms with E-state index in [0.29, 0.717) is 33.0 Å². The molecule has 0 saturated carbocycles. The number of ether oxygens (including phenoxy) is 3. The molecule has 2 heterocycles. The summed E-state index contributed by atoms with van der Waals surface area (Å²) in [4.78, 5) is 12.9. The molecule has 0 radical (unpaired) electrons. The van der Waals surface area contributed by atoms with Gasteiger partial charge in [-0.05, 0) is 70.9 Å². The van der Waals surface area contributed by atoms with Gasteiger partial charge in [-0.3, -0.25) is 0 Å². The van der Waals surface area contributed by atoms with Crippen molar-refractivity contribution >= 4 is 39.2 Å². The molecule has 0 N–H and O–H groups in total. The van der Waals surface area contributed by atoms with Crippen LogP contribution in [0.1, 0.15) is 51.3 Å². The molecule has 0 saturated heterocycles. The Kier molecular flexibility index (Phi) is 6.79. The normalized spacial score (nSPS) is 17.5. The predicted molar refractivity (Wildman–Crippen MR) is 154 cm³/mol. The van der Waals surface area contributed by atoms with Gasteiger partial charge in [0.2, 0.25) is 6.23 Å². The second-order valence-corrected chi connectivity index (χ2v) is 10.7. The average molecular weight is 604 g/mol. The SMILES string of the molecule is COc1cc([C@@H]2Oc3ccc(Cl)cc3[C@H]3CC(c4ccccc4)=NN32)cc(Br)c1OC(=O)c1ccc(C)cc1. The zero-order valence-corrected chi connectivity index (χ0v) is 23.6. The molecule has 4 aromatic carbocycles. The number of rotatable bonds is 5. The highest BCUT2D eigenvalue weighted by molar-refractivity contribution is 9.10. The smallest absolute Gasteiger partial charge is 0.343 e. The van der Waals surface area contributed by atoms with Crippen LogP contribution in [0.3, 0.4) is 0 Å². The lowest BCUT2D eigenvalue weighted by molar-refractivity contribution is -0.0192. The van der Waals surface area contributed by atoms with Crippen molar-refractivity contribution < 1.29 is 19.0 Å². The van der Waals surface area contributed by atoms with Gasteiger partial charge in [0.15, 0.2) is 11.5 Å². The second-order valence-electron chi connectivity index (χ2n) is 9.45. The number of halogens is 2. The van der Waals surface area contributed by atoms with E-state index in [9.17, 15) is 4.79 Å². The van der Waals surface area contributed by atoms with Crippen molar-refractivity contribution in [2.24, 2.45) is 5.10 Å². The van der Waals surface area contributed by atoms with Crippen molar-refractivity contribution in [3.8, 4) is 17.2 Å². The fourth-order valence-electron chi connectivity index (χ4n) is 4.91. The fourth-order valence-corrected chi connectivity index (χ4v) is 5.63. The van der Waals surface area contributed by atoms with Crippen molar-refractivity contribution in [1.29, 1.82) is 0 Å². The summed E-state index contributed by atoms with van der Waals surface area (Å²) >= 11 is 9.97. The number of benzene rings is 4. The first-order valence-corrected chi connectivity index (χ1v) is 13.6. The van der Waals surface area contributed by atoms with Gasteiger partial charge in [0, 0.05) is 22.6 Å². The lowest BCUT2D eigenvalue weighted by Gasteiger charge is -2.38.